The largest absolute Gasteiger partial charge is 0.393 e. The third kappa shape index (κ3) is 2.09. The van der Waals surface area contributed by atoms with Gasteiger partial charge in [-0.3, -0.25) is 4.79 Å². The van der Waals surface area contributed by atoms with E-state index in [1.807, 2.05) is 0 Å². The van der Waals surface area contributed by atoms with E-state index in [1.165, 1.54) is 12.1 Å². The molecule has 0 bridgehead atoms. The Morgan fingerprint density at radius 1 is 1.17 bits per heavy atom. The van der Waals surface area contributed by atoms with Crippen LogP contribution in [0.3, 0.4) is 0 Å². The van der Waals surface area contributed by atoms with Gasteiger partial charge in [0.2, 0.25) is 5.91 Å². The molecule has 1 unspecified atom stereocenters. The molecule has 2 saturated carbocycles. The Morgan fingerprint density at radius 3 is 2.71 bits per heavy atom. The first kappa shape index (κ1) is 16.4. The molecule has 2 saturated heterocycles. The standard InChI is InChI=1S/C19H31N3O2/c1-18-8-6-15-13(14(18)3-4-16(18)21-20)7-10-22-17(24)11-12(23)5-9-19(15,22)2/h12-15,23H,3-11,20H2,1-2H3/b21-16-/t12?,13-,14-,15-,18-,19+/m0/s1. The Labute approximate surface area is 144 Å². The Bertz CT molecular complexity index is 577. The highest BCUT2D eigenvalue weighted by molar-refractivity contribution is 5.92. The summed E-state index contributed by atoms with van der Waals surface area (Å²) in [5.41, 5.74) is 1.30. The van der Waals surface area contributed by atoms with E-state index in [0.717, 1.165) is 45.1 Å². The Kier molecular flexibility index (Phi) is 3.72. The van der Waals surface area contributed by atoms with Crippen molar-refractivity contribution in [2.45, 2.75) is 76.9 Å². The SMILES string of the molecule is C[C@]12CC[C@H]3[C@@H](CCN4C(=O)CC(O)CC[C@]34C)[C@@H]1CC/C2=N/N. The molecule has 0 radical (unpaired) electrons. The minimum atomic E-state index is -0.463. The van der Waals surface area contributed by atoms with Crippen molar-refractivity contribution in [1.29, 1.82) is 0 Å². The lowest BCUT2D eigenvalue weighted by molar-refractivity contribution is -0.150. The lowest BCUT2D eigenvalue weighted by Crippen LogP contribution is -2.62. The summed E-state index contributed by atoms with van der Waals surface area (Å²) in [6, 6.07) is 0. The maximum atomic E-state index is 12.7. The molecule has 24 heavy (non-hydrogen) atoms. The van der Waals surface area contributed by atoms with Crippen molar-refractivity contribution >= 4 is 11.6 Å². The fourth-order valence-electron chi connectivity index (χ4n) is 6.80. The summed E-state index contributed by atoms with van der Waals surface area (Å²) in [6.45, 7) is 5.50. The normalized spacial score (nSPS) is 50.2. The third-order valence-corrected chi connectivity index (χ3v) is 8.13. The predicted molar refractivity (Wildman–Crippen MR) is 93.3 cm³/mol. The van der Waals surface area contributed by atoms with Crippen LogP contribution in [0.4, 0.5) is 0 Å². The van der Waals surface area contributed by atoms with Crippen LogP contribution in [0.15, 0.2) is 5.10 Å². The predicted octanol–water partition coefficient (Wildman–Crippen LogP) is 2.28. The molecule has 6 atom stereocenters. The molecule has 0 aromatic heterocycles. The van der Waals surface area contributed by atoms with Crippen LogP contribution in [0.25, 0.3) is 0 Å². The zero-order valence-electron chi connectivity index (χ0n) is 15.0. The number of nitrogens with two attached hydrogens (primary N) is 1. The van der Waals surface area contributed by atoms with Gasteiger partial charge in [-0.05, 0) is 69.6 Å². The number of fused-ring (bicyclic) bond motifs is 5. The van der Waals surface area contributed by atoms with Gasteiger partial charge in [0.05, 0.1) is 12.5 Å². The summed E-state index contributed by atoms with van der Waals surface area (Å²) >= 11 is 0. The number of rotatable bonds is 0. The van der Waals surface area contributed by atoms with Crippen molar-refractivity contribution in [2.75, 3.05) is 6.54 Å². The number of hydrogen-bond acceptors (Lipinski definition) is 4. The van der Waals surface area contributed by atoms with Gasteiger partial charge in [0, 0.05) is 23.2 Å². The van der Waals surface area contributed by atoms with E-state index in [9.17, 15) is 9.90 Å². The number of nitrogens with zero attached hydrogens (tertiary/aromatic N) is 2. The van der Waals surface area contributed by atoms with Gasteiger partial charge in [0.1, 0.15) is 0 Å². The molecule has 4 aliphatic rings. The van der Waals surface area contributed by atoms with Crippen LogP contribution in [-0.2, 0) is 4.79 Å². The van der Waals surface area contributed by atoms with Crippen molar-refractivity contribution in [1.82, 2.24) is 4.90 Å². The van der Waals surface area contributed by atoms with Gasteiger partial charge in [-0.2, -0.15) is 5.10 Å². The lowest BCUT2D eigenvalue weighted by Gasteiger charge is -2.59. The first-order valence-corrected chi connectivity index (χ1v) is 9.66. The monoisotopic (exact) mass is 333 g/mol. The molecule has 2 aliphatic heterocycles. The van der Waals surface area contributed by atoms with Crippen molar-refractivity contribution < 1.29 is 9.90 Å². The Hall–Kier alpha value is -1.10. The topological polar surface area (TPSA) is 78.9 Å². The van der Waals surface area contributed by atoms with Gasteiger partial charge in [0.15, 0.2) is 0 Å². The number of carbonyl (C=O) groups excluding carboxylic acids is 1. The van der Waals surface area contributed by atoms with Gasteiger partial charge in [-0.1, -0.05) is 6.92 Å². The fourth-order valence-corrected chi connectivity index (χ4v) is 6.80. The second-order valence-corrected chi connectivity index (χ2v) is 9.04. The maximum Gasteiger partial charge on any atom is 0.225 e. The second-order valence-electron chi connectivity index (χ2n) is 9.04. The minimum Gasteiger partial charge on any atom is -0.393 e. The van der Waals surface area contributed by atoms with E-state index in [-0.39, 0.29) is 16.9 Å². The molecule has 2 heterocycles. The molecule has 4 rings (SSSR count). The number of amides is 1. The van der Waals surface area contributed by atoms with Crippen LogP contribution >= 0.6 is 0 Å². The average molecular weight is 333 g/mol. The van der Waals surface area contributed by atoms with Crippen LogP contribution in [-0.4, -0.2) is 39.8 Å². The highest BCUT2D eigenvalue weighted by Crippen LogP contribution is 2.60. The molecule has 0 aromatic carbocycles. The quantitative estimate of drug-likeness (QED) is 0.527. The smallest absolute Gasteiger partial charge is 0.225 e. The number of aliphatic hydroxyl groups excluding tert-OH is 1. The van der Waals surface area contributed by atoms with Crippen molar-refractivity contribution in [3.05, 3.63) is 0 Å². The van der Waals surface area contributed by atoms with Gasteiger partial charge >= 0.3 is 0 Å². The molecule has 5 heteroatoms. The van der Waals surface area contributed by atoms with Crippen LogP contribution in [0, 0.1) is 23.2 Å². The fraction of sp³-hybridized carbons (Fsp3) is 0.895. The summed E-state index contributed by atoms with van der Waals surface area (Å²) in [4.78, 5) is 14.8. The van der Waals surface area contributed by atoms with E-state index < -0.39 is 6.10 Å². The summed E-state index contributed by atoms with van der Waals surface area (Å²) in [6.07, 6.45) is 7.14. The van der Waals surface area contributed by atoms with Gasteiger partial charge in [-0.25, -0.2) is 0 Å². The number of hydrazone groups is 1. The highest BCUT2D eigenvalue weighted by atomic mass is 16.3. The molecule has 1 amide bonds. The van der Waals surface area contributed by atoms with E-state index >= 15 is 0 Å². The number of piperidine rings is 1. The van der Waals surface area contributed by atoms with Crippen molar-refractivity contribution in [3.8, 4) is 0 Å². The van der Waals surface area contributed by atoms with Gasteiger partial charge in [-0.15, -0.1) is 0 Å². The molecule has 2 aliphatic carbocycles. The molecular formula is C19H31N3O2. The second kappa shape index (κ2) is 5.45. The first-order chi connectivity index (χ1) is 11.4. The molecule has 4 fully saturated rings. The van der Waals surface area contributed by atoms with E-state index in [2.05, 4.69) is 23.8 Å². The first-order valence-electron chi connectivity index (χ1n) is 9.66. The van der Waals surface area contributed by atoms with Crippen molar-refractivity contribution in [3.63, 3.8) is 0 Å². The van der Waals surface area contributed by atoms with Gasteiger partial charge in [0.25, 0.3) is 0 Å². The third-order valence-electron chi connectivity index (χ3n) is 8.13. The van der Waals surface area contributed by atoms with E-state index in [1.54, 1.807) is 0 Å². The number of aliphatic hydroxyl groups is 1. The molecule has 3 N–H and O–H groups in total. The maximum absolute atomic E-state index is 12.7. The number of carbonyl (C=O) groups is 1. The lowest BCUT2D eigenvalue weighted by atomic mass is 9.53. The van der Waals surface area contributed by atoms with Crippen LogP contribution in [0.2, 0.25) is 0 Å². The molecule has 0 spiro atoms. The van der Waals surface area contributed by atoms with E-state index in [0.29, 0.717) is 24.2 Å². The summed E-state index contributed by atoms with van der Waals surface area (Å²) in [7, 11) is 0. The molecule has 134 valence electrons. The highest BCUT2D eigenvalue weighted by Gasteiger charge is 2.59. The molecule has 5 nitrogen and oxygen atoms in total. The molecule has 0 aromatic rings. The summed E-state index contributed by atoms with van der Waals surface area (Å²) < 4.78 is 0. The van der Waals surface area contributed by atoms with Crippen LogP contribution < -0.4 is 5.84 Å². The van der Waals surface area contributed by atoms with Gasteiger partial charge < -0.3 is 15.8 Å². The minimum absolute atomic E-state index is 0.0819. The van der Waals surface area contributed by atoms with Crippen LogP contribution in [0.5, 0.6) is 0 Å². The zero-order valence-corrected chi connectivity index (χ0v) is 15.0. The average Bonchev–Trinajstić information content (AvgIpc) is 2.84. The molecular weight excluding hydrogens is 302 g/mol. The summed E-state index contributed by atoms with van der Waals surface area (Å²) in [5, 5.41) is 14.2. The van der Waals surface area contributed by atoms with E-state index in [4.69, 9.17) is 5.84 Å². The van der Waals surface area contributed by atoms with Crippen molar-refractivity contribution in [2.24, 2.45) is 34.1 Å². The number of hydrogen-bond donors (Lipinski definition) is 2. The summed E-state index contributed by atoms with van der Waals surface area (Å²) in [5.74, 6) is 7.71. The Morgan fingerprint density at radius 2 is 1.96 bits per heavy atom. The van der Waals surface area contributed by atoms with Crippen LogP contribution in [0.1, 0.15) is 65.2 Å². The zero-order chi connectivity index (χ0) is 17.1. The Balaban J connectivity index is 1.67.